The molecule has 5 unspecified atom stereocenters. The number of aliphatic hydroxyl groups excluding tert-OH is 7. The molecule has 0 aromatic carbocycles. The lowest BCUT2D eigenvalue weighted by Gasteiger charge is -2.58. The van der Waals surface area contributed by atoms with Crippen molar-refractivity contribution in [2.24, 2.45) is 46.3 Å². The van der Waals surface area contributed by atoms with Crippen molar-refractivity contribution in [1.29, 1.82) is 0 Å². The fourth-order valence-corrected chi connectivity index (χ4v) is 12.6. The Morgan fingerprint density at radius 2 is 1.50 bits per heavy atom. The molecule has 7 fully saturated rings. The van der Waals surface area contributed by atoms with E-state index in [0.717, 1.165) is 45.1 Å². The highest BCUT2D eigenvalue weighted by Gasteiger charge is 2.68. The molecule has 4 aliphatic carbocycles. The number of allylic oxidation sites excluding steroid dienone is 1. The van der Waals surface area contributed by atoms with E-state index < -0.39 is 80.4 Å². The minimum absolute atomic E-state index is 0.0289. The maximum atomic E-state index is 11.1. The van der Waals surface area contributed by atoms with Gasteiger partial charge in [-0.15, -0.1) is 0 Å². The van der Waals surface area contributed by atoms with Crippen molar-refractivity contribution >= 4 is 0 Å². The van der Waals surface area contributed by atoms with Crippen LogP contribution in [0.3, 0.4) is 0 Å². The van der Waals surface area contributed by atoms with Crippen LogP contribution in [-0.4, -0.2) is 135 Å². The first-order valence-electron chi connectivity index (χ1n) is 20.0. The maximum Gasteiger partial charge on any atom is 0.187 e. The minimum atomic E-state index is -1.72. The number of rotatable bonds is 6. The monoisotopic (exact) mass is 738 g/mol. The fraction of sp³-hybridized carbons (Fsp3) is 0.949. The van der Waals surface area contributed by atoms with Gasteiger partial charge in [-0.3, -0.25) is 0 Å². The van der Waals surface area contributed by atoms with E-state index >= 15 is 0 Å². The molecule has 3 saturated carbocycles. The molecule has 52 heavy (non-hydrogen) atoms. The van der Waals surface area contributed by atoms with E-state index in [4.69, 9.17) is 28.4 Å². The Hall–Kier alpha value is -0.780. The van der Waals surface area contributed by atoms with Gasteiger partial charge in [-0.25, -0.2) is 0 Å². The Morgan fingerprint density at radius 1 is 0.788 bits per heavy atom. The summed E-state index contributed by atoms with van der Waals surface area (Å²) in [6, 6.07) is 0. The van der Waals surface area contributed by atoms with Gasteiger partial charge in [0.2, 0.25) is 0 Å². The van der Waals surface area contributed by atoms with Gasteiger partial charge in [0.05, 0.1) is 32.0 Å². The predicted molar refractivity (Wildman–Crippen MR) is 183 cm³/mol. The van der Waals surface area contributed by atoms with Crippen LogP contribution in [0, 0.1) is 46.3 Å². The summed E-state index contributed by atoms with van der Waals surface area (Å²) in [5.41, 5.74) is 1.63. The van der Waals surface area contributed by atoms with Crippen LogP contribution in [0.2, 0.25) is 0 Å². The zero-order chi connectivity index (χ0) is 36.9. The van der Waals surface area contributed by atoms with Gasteiger partial charge in [-0.1, -0.05) is 39.3 Å². The van der Waals surface area contributed by atoms with Crippen LogP contribution < -0.4 is 0 Å². The lowest BCUT2D eigenvalue weighted by molar-refractivity contribution is -0.372. The molecule has 296 valence electrons. The van der Waals surface area contributed by atoms with Gasteiger partial charge in [0, 0.05) is 12.3 Å². The molecular formula is C39H62O13. The number of hydrogen-bond acceptors (Lipinski definition) is 13. The molecule has 0 radical (unpaired) electrons. The number of fused-ring (bicyclic) bond motifs is 7. The summed E-state index contributed by atoms with van der Waals surface area (Å²) >= 11 is 0. The molecule has 8 rings (SSSR count). The van der Waals surface area contributed by atoms with Crippen molar-refractivity contribution in [3.63, 3.8) is 0 Å². The highest BCUT2D eigenvalue weighted by atomic mass is 16.8. The number of ether oxygens (including phenoxy) is 6. The van der Waals surface area contributed by atoms with Crippen molar-refractivity contribution < 1.29 is 64.2 Å². The summed E-state index contributed by atoms with van der Waals surface area (Å²) in [5.74, 6) is 2.83. The van der Waals surface area contributed by atoms with Crippen molar-refractivity contribution in [3.05, 3.63) is 11.6 Å². The van der Waals surface area contributed by atoms with Gasteiger partial charge >= 0.3 is 0 Å². The van der Waals surface area contributed by atoms with Crippen molar-refractivity contribution in [1.82, 2.24) is 0 Å². The molecule has 0 amide bonds. The molecule has 4 aliphatic heterocycles. The predicted octanol–water partition coefficient (Wildman–Crippen LogP) is 1.36. The summed E-state index contributed by atoms with van der Waals surface area (Å²) in [6.45, 7) is 9.20. The second-order valence-electron chi connectivity index (χ2n) is 18.3. The molecule has 13 heteroatoms. The summed E-state index contributed by atoms with van der Waals surface area (Å²) in [4.78, 5) is 0. The zero-order valence-electron chi connectivity index (χ0n) is 31.0. The second-order valence-corrected chi connectivity index (χ2v) is 18.3. The molecule has 0 bridgehead atoms. The molecule has 7 N–H and O–H groups in total. The van der Waals surface area contributed by atoms with Gasteiger partial charge in [0.1, 0.15) is 48.8 Å². The summed E-state index contributed by atoms with van der Waals surface area (Å²) in [6.07, 6.45) is -3.28. The molecule has 8 aliphatic rings. The fourth-order valence-electron chi connectivity index (χ4n) is 12.6. The van der Waals surface area contributed by atoms with E-state index in [1.54, 1.807) is 0 Å². The van der Waals surface area contributed by atoms with E-state index in [9.17, 15) is 35.7 Å². The van der Waals surface area contributed by atoms with Crippen molar-refractivity contribution in [2.45, 2.75) is 165 Å². The Kier molecular flexibility index (Phi) is 10.3. The lowest BCUT2D eigenvalue weighted by atomic mass is 9.47. The average molecular weight is 739 g/mol. The quantitative estimate of drug-likeness (QED) is 0.193. The Morgan fingerprint density at radius 3 is 2.19 bits per heavy atom. The Bertz CT molecular complexity index is 1320. The van der Waals surface area contributed by atoms with Gasteiger partial charge in [0.25, 0.3) is 0 Å². The molecule has 4 heterocycles. The Labute approximate surface area is 306 Å². The van der Waals surface area contributed by atoms with E-state index in [1.165, 1.54) is 18.4 Å². The molecular weight excluding hydrogens is 676 g/mol. The highest BCUT2D eigenvalue weighted by molar-refractivity contribution is 5.26. The van der Waals surface area contributed by atoms with Gasteiger partial charge in [-0.2, -0.15) is 0 Å². The van der Waals surface area contributed by atoms with Crippen LogP contribution >= 0.6 is 0 Å². The minimum Gasteiger partial charge on any atom is -0.394 e. The molecule has 0 aromatic heterocycles. The van der Waals surface area contributed by atoms with Crippen LogP contribution in [0.1, 0.15) is 85.5 Å². The first-order valence-corrected chi connectivity index (χ1v) is 20.0. The molecule has 0 aromatic rings. The first-order chi connectivity index (χ1) is 24.7. The molecule has 13 nitrogen and oxygen atoms in total. The van der Waals surface area contributed by atoms with Crippen LogP contribution in [0.4, 0.5) is 0 Å². The standard InChI is InChI=1S/C39H62O13/c1-18-7-12-39(47-17-18)19(2)28-25(52-39)14-24-22-6-5-20-13-21(8-10-37(20,3)23(22)9-11-38(24,28)4)48-36-34(32(45)30(43)27(16-41)50-36)51-35-33(46)31(44)29(42)26(15-40)49-35/h5,18-19,21-36,40-46H,6-17H2,1-4H3/t18-,19+,21?,22?,23?,24?,25+,26-,27-,28+,29-,30-,31+,32+,33-,34-,35+,36-,37+,38+,39?/m1/s1. The maximum absolute atomic E-state index is 11.1. The van der Waals surface area contributed by atoms with Crippen LogP contribution in [0.25, 0.3) is 0 Å². The van der Waals surface area contributed by atoms with Gasteiger partial charge in [-0.05, 0) is 91.8 Å². The molecule has 21 atom stereocenters. The lowest BCUT2D eigenvalue weighted by Crippen LogP contribution is -2.65. The van der Waals surface area contributed by atoms with Gasteiger partial charge in [0.15, 0.2) is 18.4 Å². The van der Waals surface area contributed by atoms with Crippen molar-refractivity contribution in [3.8, 4) is 0 Å². The van der Waals surface area contributed by atoms with Crippen molar-refractivity contribution in [2.75, 3.05) is 19.8 Å². The van der Waals surface area contributed by atoms with E-state index in [1.807, 2.05) is 0 Å². The van der Waals surface area contributed by atoms with Crippen LogP contribution in [0.5, 0.6) is 0 Å². The largest absolute Gasteiger partial charge is 0.394 e. The molecule has 1 spiro atoms. The third kappa shape index (κ3) is 5.90. The Balaban J connectivity index is 0.964. The molecule has 4 saturated heterocycles. The van der Waals surface area contributed by atoms with Gasteiger partial charge < -0.3 is 64.2 Å². The van der Waals surface area contributed by atoms with E-state index in [-0.39, 0.29) is 23.0 Å². The zero-order valence-corrected chi connectivity index (χ0v) is 31.0. The SMILES string of the molecule is C[C@@H]1CCC2(OC1)O[C@H]1CC3C4CC=C5CC(O[C@@H]6O[C@H](CO)[C@@H](O)[C@H](O)[C@H]6O[C@@H]6O[C@H](CO)[C@@H](O)[C@H](O)[C@H]6O)CC[C@]5(C)C4CC[C@]3(C)[C@H]1[C@@H]2C. The third-order valence-corrected chi connectivity index (χ3v) is 15.6. The second kappa shape index (κ2) is 14.0. The third-order valence-electron chi connectivity index (χ3n) is 15.6. The first kappa shape index (κ1) is 38.1. The van der Waals surface area contributed by atoms with E-state index in [2.05, 4.69) is 33.8 Å². The smallest absolute Gasteiger partial charge is 0.187 e. The highest BCUT2D eigenvalue weighted by Crippen LogP contribution is 2.70. The summed E-state index contributed by atoms with van der Waals surface area (Å²) in [5, 5.41) is 72.6. The normalized spacial score (nSPS) is 57.5. The number of aliphatic hydroxyl groups is 7. The van der Waals surface area contributed by atoms with Crippen LogP contribution in [-0.2, 0) is 28.4 Å². The van der Waals surface area contributed by atoms with Crippen LogP contribution in [0.15, 0.2) is 11.6 Å². The summed E-state index contributed by atoms with van der Waals surface area (Å²) < 4.78 is 37.4. The van der Waals surface area contributed by atoms with E-state index in [0.29, 0.717) is 41.9 Å². The topological polar surface area (TPSA) is 197 Å². The average Bonchev–Trinajstić information content (AvgIpc) is 3.58. The number of hydrogen-bond donors (Lipinski definition) is 7. The summed E-state index contributed by atoms with van der Waals surface area (Å²) in [7, 11) is 0.